The van der Waals surface area contributed by atoms with Crippen molar-refractivity contribution in [2.24, 2.45) is 11.7 Å². The number of nitrogens with zero attached hydrogens (tertiary/aromatic N) is 2. The smallest absolute Gasteiger partial charge is 0.270 e. The number of ether oxygens (including phenoxy) is 1. The number of carbonyl (C=O) groups excluding carboxylic acids is 3. The van der Waals surface area contributed by atoms with E-state index in [9.17, 15) is 14.4 Å². The molecule has 11 heteroatoms. The van der Waals surface area contributed by atoms with E-state index in [1.54, 1.807) is 12.1 Å². The Bertz CT molecular complexity index is 897. The molecule has 0 bridgehead atoms. The van der Waals surface area contributed by atoms with E-state index < -0.39 is 17.9 Å². The molecule has 10 nitrogen and oxygen atoms in total. The Balaban J connectivity index is 2.38. The number of hydrogen-bond acceptors (Lipinski definition) is 8. The van der Waals surface area contributed by atoms with Gasteiger partial charge in [-0.2, -0.15) is 4.37 Å². The summed E-state index contributed by atoms with van der Waals surface area (Å²) in [6, 6.07) is 2.27. The van der Waals surface area contributed by atoms with E-state index in [4.69, 9.17) is 20.6 Å². The van der Waals surface area contributed by atoms with Gasteiger partial charge in [-0.15, -0.1) is 0 Å². The third kappa shape index (κ3) is 6.54. The summed E-state index contributed by atoms with van der Waals surface area (Å²) in [6.45, 7) is 7.60. The van der Waals surface area contributed by atoms with Crippen molar-refractivity contribution in [3.05, 3.63) is 34.7 Å². The van der Waals surface area contributed by atoms with Gasteiger partial charge in [0.25, 0.3) is 17.7 Å². The molecule has 32 heavy (non-hydrogen) atoms. The average molecular weight is 466 g/mol. The normalized spacial score (nSPS) is 12.0. The second kappa shape index (κ2) is 12.2. The zero-order valence-corrected chi connectivity index (χ0v) is 19.4. The zero-order valence-electron chi connectivity index (χ0n) is 18.6. The van der Waals surface area contributed by atoms with Crippen LogP contribution in [0.3, 0.4) is 0 Å². The number of rotatable bonds is 13. The maximum atomic E-state index is 13.5. The fourth-order valence-corrected chi connectivity index (χ4v) is 3.80. The van der Waals surface area contributed by atoms with Crippen LogP contribution in [-0.2, 0) is 9.53 Å². The van der Waals surface area contributed by atoms with Crippen LogP contribution in [0.2, 0.25) is 0 Å². The minimum absolute atomic E-state index is 0.0433. The van der Waals surface area contributed by atoms with Gasteiger partial charge in [0.2, 0.25) is 0 Å². The minimum atomic E-state index is -1.02. The van der Waals surface area contributed by atoms with Gasteiger partial charge in [0.15, 0.2) is 11.7 Å². The number of nitrogen functional groups attached to an aromatic ring is 1. The number of hydrogen-bond donors (Lipinski definition) is 3. The summed E-state index contributed by atoms with van der Waals surface area (Å²) in [5.41, 5.74) is 11.0. The van der Waals surface area contributed by atoms with Crippen LogP contribution < -0.4 is 16.8 Å². The highest BCUT2D eigenvalue weighted by Crippen LogP contribution is 2.29. The topological polar surface area (TPSA) is 154 Å². The van der Waals surface area contributed by atoms with Crippen molar-refractivity contribution in [2.45, 2.75) is 39.7 Å². The van der Waals surface area contributed by atoms with Gasteiger partial charge < -0.3 is 30.8 Å². The fraction of sp³-hybridized carbons (Fsp3) is 0.524. The zero-order chi connectivity index (χ0) is 23.7. The molecular weight excluding hydrogens is 434 g/mol. The molecule has 176 valence electrons. The SMILES string of the molecule is CCOCCCN(C(=O)c1snc(C(N)=O)c1N)C(C(=O)NCCC(C)C)c1ccco1. The van der Waals surface area contributed by atoms with E-state index in [0.29, 0.717) is 37.9 Å². The van der Waals surface area contributed by atoms with Crippen LogP contribution >= 0.6 is 11.5 Å². The van der Waals surface area contributed by atoms with E-state index in [-0.39, 0.29) is 28.7 Å². The maximum Gasteiger partial charge on any atom is 0.270 e. The Kier molecular flexibility index (Phi) is 9.66. The van der Waals surface area contributed by atoms with E-state index in [1.165, 1.54) is 11.2 Å². The molecule has 5 N–H and O–H groups in total. The number of anilines is 1. The maximum absolute atomic E-state index is 13.5. The van der Waals surface area contributed by atoms with Crippen molar-refractivity contribution >= 4 is 34.9 Å². The molecule has 0 aliphatic rings. The van der Waals surface area contributed by atoms with Crippen LogP contribution in [0.15, 0.2) is 22.8 Å². The van der Waals surface area contributed by atoms with E-state index >= 15 is 0 Å². The van der Waals surface area contributed by atoms with Crippen molar-refractivity contribution < 1.29 is 23.5 Å². The summed E-state index contributed by atoms with van der Waals surface area (Å²) in [5, 5.41) is 2.89. The summed E-state index contributed by atoms with van der Waals surface area (Å²) in [5.74, 6) is -1.01. The monoisotopic (exact) mass is 465 g/mol. The lowest BCUT2D eigenvalue weighted by atomic mass is 10.1. The first kappa shape index (κ1) is 25.3. The summed E-state index contributed by atoms with van der Waals surface area (Å²) < 4.78 is 14.8. The first-order chi connectivity index (χ1) is 15.3. The lowest BCUT2D eigenvalue weighted by molar-refractivity contribution is -0.126. The molecule has 0 saturated heterocycles. The molecule has 0 aromatic carbocycles. The molecule has 1 unspecified atom stereocenters. The first-order valence-corrected chi connectivity index (χ1v) is 11.3. The second-order valence-corrected chi connectivity index (χ2v) is 8.35. The van der Waals surface area contributed by atoms with Gasteiger partial charge in [0.05, 0.1) is 12.0 Å². The molecule has 0 spiro atoms. The van der Waals surface area contributed by atoms with Gasteiger partial charge in [0, 0.05) is 26.3 Å². The molecule has 0 aliphatic carbocycles. The fourth-order valence-electron chi connectivity index (χ4n) is 3.04. The van der Waals surface area contributed by atoms with Gasteiger partial charge in [-0.05, 0) is 49.3 Å². The Hall–Kier alpha value is -2.92. The van der Waals surface area contributed by atoms with Crippen LogP contribution in [0.5, 0.6) is 0 Å². The molecule has 2 heterocycles. The highest BCUT2D eigenvalue weighted by atomic mass is 32.1. The third-order valence-electron chi connectivity index (χ3n) is 4.70. The highest BCUT2D eigenvalue weighted by Gasteiger charge is 2.36. The van der Waals surface area contributed by atoms with Gasteiger partial charge in [-0.25, -0.2) is 0 Å². The Labute approximate surface area is 191 Å². The van der Waals surface area contributed by atoms with Crippen molar-refractivity contribution in [3.63, 3.8) is 0 Å². The summed E-state index contributed by atoms with van der Waals surface area (Å²) in [7, 11) is 0. The van der Waals surface area contributed by atoms with E-state index in [0.717, 1.165) is 18.0 Å². The number of nitrogens with one attached hydrogen (secondary N) is 1. The second-order valence-electron chi connectivity index (χ2n) is 7.58. The number of aromatic nitrogens is 1. The summed E-state index contributed by atoms with van der Waals surface area (Å²) in [4.78, 5) is 39.6. The van der Waals surface area contributed by atoms with Crippen LogP contribution in [0, 0.1) is 5.92 Å². The molecule has 0 aliphatic heterocycles. The lowest BCUT2D eigenvalue weighted by Gasteiger charge is -2.29. The quantitative estimate of drug-likeness (QED) is 0.383. The standard InChI is InChI=1S/C21H31N5O5S/c1-4-30-11-6-10-26(21(29)18-15(22)16(19(23)27)25-32-18)17(14-7-5-12-31-14)20(28)24-9-8-13(2)3/h5,7,12-13,17H,4,6,8-11,22H2,1-3H3,(H2,23,27)(H,24,28). The number of primary amides is 1. The van der Waals surface area contributed by atoms with Crippen LogP contribution in [-0.4, -0.2) is 53.3 Å². The Morgan fingerprint density at radius 3 is 2.66 bits per heavy atom. The highest BCUT2D eigenvalue weighted by molar-refractivity contribution is 7.09. The van der Waals surface area contributed by atoms with E-state index in [2.05, 4.69) is 23.5 Å². The van der Waals surface area contributed by atoms with Crippen LogP contribution in [0.1, 0.15) is 65.6 Å². The first-order valence-electron chi connectivity index (χ1n) is 10.5. The average Bonchev–Trinajstić information content (AvgIpc) is 3.39. The van der Waals surface area contributed by atoms with Crippen molar-refractivity contribution in [3.8, 4) is 0 Å². The molecule has 2 aromatic rings. The molecule has 0 radical (unpaired) electrons. The van der Waals surface area contributed by atoms with Crippen molar-refractivity contribution in [1.82, 2.24) is 14.6 Å². The largest absolute Gasteiger partial charge is 0.467 e. The molecule has 1 atom stereocenters. The van der Waals surface area contributed by atoms with Gasteiger partial charge >= 0.3 is 0 Å². The van der Waals surface area contributed by atoms with Crippen LogP contribution in [0.4, 0.5) is 5.69 Å². The van der Waals surface area contributed by atoms with Crippen molar-refractivity contribution in [2.75, 3.05) is 32.0 Å². The predicted molar refractivity (Wildman–Crippen MR) is 121 cm³/mol. The molecule has 3 amide bonds. The molecule has 0 saturated carbocycles. The summed E-state index contributed by atoms with van der Waals surface area (Å²) in [6.07, 6.45) is 2.72. The molecule has 2 rings (SSSR count). The summed E-state index contributed by atoms with van der Waals surface area (Å²) >= 11 is 0.772. The Morgan fingerprint density at radius 2 is 2.09 bits per heavy atom. The molecular formula is C21H31N5O5S. The van der Waals surface area contributed by atoms with Gasteiger partial charge in [-0.3, -0.25) is 14.4 Å². The van der Waals surface area contributed by atoms with Crippen molar-refractivity contribution in [1.29, 1.82) is 0 Å². The molecule has 0 fully saturated rings. The number of carbonyl (C=O) groups is 3. The third-order valence-corrected chi connectivity index (χ3v) is 5.55. The lowest BCUT2D eigenvalue weighted by Crippen LogP contribution is -2.44. The van der Waals surface area contributed by atoms with Crippen LogP contribution in [0.25, 0.3) is 0 Å². The number of amides is 3. The molecule has 2 aromatic heterocycles. The minimum Gasteiger partial charge on any atom is -0.467 e. The predicted octanol–water partition coefficient (Wildman–Crippen LogP) is 2.19. The Morgan fingerprint density at radius 1 is 1.34 bits per heavy atom. The van der Waals surface area contributed by atoms with E-state index in [1.807, 2.05) is 6.92 Å². The van der Waals surface area contributed by atoms with Gasteiger partial charge in [0.1, 0.15) is 10.6 Å². The number of nitrogens with two attached hydrogens (primary N) is 2. The van der Waals surface area contributed by atoms with Gasteiger partial charge in [-0.1, -0.05) is 13.8 Å². The number of furan rings is 1.